The zero-order chi connectivity index (χ0) is 15.7. The molecular weight excluding hydrogens is 300 g/mol. The van der Waals surface area contributed by atoms with E-state index in [9.17, 15) is 4.79 Å². The number of hydrogen-bond donors (Lipinski definition) is 0. The van der Waals surface area contributed by atoms with Crippen molar-refractivity contribution >= 4 is 39.8 Å². The van der Waals surface area contributed by atoms with Crippen LogP contribution in [0.2, 0.25) is 0 Å². The van der Waals surface area contributed by atoms with Crippen LogP contribution in [0.5, 0.6) is 0 Å². The predicted octanol–water partition coefficient (Wildman–Crippen LogP) is 2.56. The number of aryl methyl sites for hydroxylation is 1. The Morgan fingerprint density at radius 2 is 2.14 bits per heavy atom. The van der Waals surface area contributed by atoms with Gasteiger partial charge in [0.2, 0.25) is 5.16 Å². The third-order valence-electron chi connectivity index (χ3n) is 3.39. The van der Waals surface area contributed by atoms with E-state index >= 15 is 0 Å². The van der Waals surface area contributed by atoms with Crippen molar-refractivity contribution < 1.29 is 9.53 Å². The maximum absolute atomic E-state index is 11.7. The van der Waals surface area contributed by atoms with Gasteiger partial charge in [-0.1, -0.05) is 30.0 Å². The summed E-state index contributed by atoms with van der Waals surface area (Å²) in [6.45, 7) is 3.93. The van der Waals surface area contributed by atoms with E-state index in [-0.39, 0.29) is 11.2 Å². The first-order valence-corrected chi connectivity index (χ1v) is 7.91. The lowest BCUT2D eigenvalue weighted by Crippen LogP contribution is -2.17. The average Bonchev–Trinajstić information content (AvgIpc) is 2.81. The molecule has 2 aromatic heterocycles. The number of carbonyl (C=O) groups is 1. The van der Waals surface area contributed by atoms with Gasteiger partial charge in [0.25, 0.3) is 0 Å². The molecule has 0 N–H and O–H groups in total. The molecule has 0 aliphatic heterocycles. The molecule has 22 heavy (non-hydrogen) atoms. The summed E-state index contributed by atoms with van der Waals surface area (Å²) in [5, 5.41) is 9.54. The minimum atomic E-state index is -0.367. The van der Waals surface area contributed by atoms with Gasteiger partial charge >= 0.3 is 5.97 Å². The Morgan fingerprint density at radius 3 is 2.91 bits per heavy atom. The number of benzene rings is 1. The molecule has 2 heterocycles. The topological polar surface area (TPSA) is 69.9 Å². The summed E-state index contributed by atoms with van der Waals surface area (Å²) in [5.41, 5.74) is 2.58. The van der Waals surface area contributed by atoms with E-state index in [0.29, 0.717) is 11.8 Å². The van der Waals surface area contributed by atoms with Gasteiger partial charge in [-0.05, 0) is 19.9 Å². The highest BCUT2D eigenvalue weighted by Crippen LogP contribution is 2.27. The van der Waals surface area contributed by atoms with Crippen molar-refractivity contribution in [3.63, 3.8) is 0 Å². The van der Waals surface area contributed by atoms with Crippen molar-refractivity contribution in [2.24, 2.45) is 7.05 Å². The van der Waals surface area contributed by atoms with Gasteiger partial charge in [0.05, 0.1) is 12.1 Å². The molecule has 0 amide bonds. The minimum Gasteiger partial charge on any atom is -0.465 e. The van der Waals surface area contributed by atoms with Crippen molar-refractivity contribution in [2.75, 3.05) is 6.61 Å². The van der Waals surface area contributed by atoms with Crippen LogP contribution in [-0.2, 0) is 16.6 Å². The van der Waals surface area contributed by atoms with Gasteiger partial charge in [0.15, 0.2) is 5.65 Å². The lowest BCUT2D eigenvalue weighted by molar-refractivity contribution is -0.142. The minimum absolute atomic E-state index is 0.270. The van der Waals surface area contributed by atoms with Gasteiger partial charge in [0, 0.05) is 12.4 Å². The molecule has 0 saturated heterocycles. The number of carbonyl (C=O) groups excluding carboxylic acids is 1. The molecule has 0 fully saturated rings. The van der Waals surface area contributed by atoms with Crippen LogP contribution >= 0.6 is 11.8 Å². The molecule has 3 aromatic rings. The summed E-state index contributed by atoms with van der Waals surface area (Å²) in [6.07, 6.45) is 0. The Morgan fingerprint density at radius 1 is 1.36 bits per heavy atom. The molecule has 3 rings (SSSR count). The summed E-state index contributed by atoms with van der Waals surface area (Å²) in [5.74, 6) is -0.270. The largest absolute Gasteiger partial charge is 0.465 e. The van der Waals surface area contributed by atoms with Crippen molar-refractivity contribution in [3.05, 3.63) is 24.3 Å². The molecule has 0 spiro atoms. The fraction of sp³-hybridized carbons (Fsp3) is 0.333. The van der Waals surface area contributed by atoms with E-state index < -0.39 is 0 Å². The maximum atomic E-state index is 11.7. The number of rotatable bonds is 4. The van der Waals surface area contributed by atoms with Gasteiger partial charge in [0.1, 0.15) is 10.8 Å². The van der Waals surface area contributed by atoms with Crippen LogP contribution in [0.3, 0.4) is 0 Å². The predicted molar refractivity (Wildman–Crippen MR) is 85.8 cm³/mol. The Balaban J connectivity index is 1.98. The summed E-state index contributed by atoms with van der Waals surface area (Å²) in [6, 6.07) is 7.97. The standard InChI is InChI=1S/C15H16N4O2S/c1-4-21-14(20)9(2)22-15-16-13-12(17-18-15)10-7-5-6-8-11(10)19(13)3/h5-9H,4H2,1-3H3/t9-/m0/s1. The number of esters is 1. The molecule has 1 atom stereocenters. The summed E-state index contributed by atoms with van der Waals surface area (Å²) in [4.78, 5) is 16.2. The highest BCUT2D eigenvalue weighted by molar-refractivity contribution is 8.00. The average molecular weight is 316 g/mol. The highest BCUT2D eigenvalue weighted by atomic mass is 32.2. The van der Waals surface area contributed by atoms with E-state index in [2.05, 4.69) is 15.2 Å². The number of thioether (sulfide) groups is 1. The first kappa shape index (κ1) is 14.8. The molecule has 0 aliphatic carbocycles. The molecule has 0 aliphatic rings. The fourth-order valence-corrected chi connectivity index (χ4v) is 3.02. The molecule has 0 bridgehead atoms. The molecular formula is C15H16N4O2S. The van der Waals surface area contributed by atoms with Crippen LogP contribution < -0.4 is 0 Å². The zero-order valence-electron chi connectivity index (χ0n) is 12.6. The third-order valence-corrected chi connectivity index (χ3v) is 4.32. The number of ether oxygens (including phenoxy) is 1. The van der Waals surface area contributed by atoms with Gasteiger partial charge in [-0.15, -0.1) is 10.2 Å². The van der Waals surface area contributed by atoms with Crippen molar-refractivity contribution in [1.82, 2.24) is 19.7 Å². The quantitative estimate of drug-likeness (QED) is 0.544. The monoisotopic (exact) mass is 316 g/mol. The zero-order valence-corrected chi connectivity index (χ0v) is 13.4. The Labute approximate surface area is 131 Å². The van der Waals surface area contributed by atoms with Crippen LogP contribution in [0.1, 0.15) is 13.8 Å². The van der Waals surface area contributed by atoms with Crippen molar-refractivity contribution in [3.8, 4) is 0 Å². The number of para-hydroxylation sites is 1. The van der Waals surface area contributed by atoms with E-state index in [0.717, 1.165) is 22.1 Å². The van der Waals surface area contributed by atoms with E-state index in [1.165, 1.54) is 11.8 Å². The van der Waals surface area contributed by atoms with Crippen molar-refractivity contribution in [1.29, 1.82) is 0 Å². The first-order chi connectivity index (χ1) is 10.6. The molecule has 7 heteroatoms. The summed E-state index contributed by atoms with van der Waals surface area (Å²) in [7, 11) is 1.95. The summed E-state index contributed by atoms with van der Waals surface area (Å²) >= 11 is 1.25. The van der Waals surface area contributed by atoms with Gasteiger partial charge in [-0.2, -0.15) is 0 Å². The molecule has 0 radical (unpaired) electrons. The number of nitrogens with zero attached hydrogens (tertiary/aromatic N) is 4. The second-order valence-corrected chi connectivity index (χ2v) is 6.16. The lowest BCUT2D eigenvalue weighted by atomic mass is 10.2. The fourth-order valence-electron chi connectivity index (χ4n) is 2.31. The van der Waals surface area contributed by atoms with E-state index in [1.807, 2.05) is 35.9 Å². The molecule has 6 nitrogen and oxygen atoms in total. The van der Waals surface area contributed by atoms with E-state index in [4.69, 9.17) is 4.74 Å². The second kappa shape index (κ2) is 5.92. The third kappa shape index (κ3) is 2.52. The van der Waals surface area contributed by atoms with Gasteiger partial charge < -0.3 is 9.30 Å². The number of aromatic nitrogens is 4. The lowest BCUT2D eigenvalue weighted by Gasteiger charge is -2.08. The molecule has 0 unspecified atom stereocenters. The molecule has 1 aromatic carbocycles. The molecule has 0 saturated carbocycles. The van der Waals surface area contributed by atoms with Crippen LogP contribution in [0, 0.1) is 0 Å². The van der Waals surface area contributed by atoms with Gasteiger partial charge in [-0.25, -0.2) is 4.98 Å². The maximum Gasteiger partial charge on any atom is 0.319 e. The van der Waals surface area contributed by atoms with Crippen LogP contribution in [0.25, 0.3) is 22.1 Å². The Kier molecular flexibility index (Phi) is 3.98. The van der Waals surface area contributed by atoms with E-state index in [1.54, 1.807) is 13.8 Å². The Bertz CT molecular complexity index is 846. The Hall–Kier alpha value is -2.15. The molecule has 114 valence electrons. The summed E-state index contributed by atoms with van der Waals surface area (Å²) < 4.78 is 6.98. The number of fused-ring (bicyclic) bond motifs is 3. The smallest absolute Gasteiger partial charge is 0.319 e. The number of hydrogen-bond acceptors (Lipinski definition) is 6. The van der Waals surface area contributed by atoms with Crippen molar-refractivity contribution in [2.45, 2.75) is 24.3 Å². The highest BCUT2D eigenvalue weighted by Gasteiger charge is 2.19. The SMILES string of the molecule is CCOC(=O)[C@H](C)Sc1nnc2c3ccccc3n(C)c2n1. The van der Waals surface area contributed by atoms with Crippen LogP contribution in [0.4, 0.5) is 0 Å². The van der Waals surface area contributed by atoms with Gasteiger partial charge in [-0.3, -0.25) is 4.79 Å². The second-order valence-electron chi connectivity index (χ2n) is 4.85. The normalized spacial score (nSPS) is 12.7. The van der Waals surface area contributed by atoms with Crippen LogP contribution in [-0.4, -0.2) is 37.6 Å². The van der Waals surface area contributed by atoms with Crippen LogP contribution in [0.15, 0.2) is 29.4 Å². The first-order valence-electron chi connectivity index (χ1n) is 7.03.